The second kappa shape index (κ2) is 8.25. The second-order valence-electron chi connectivity index (χ2n) is 5.20. The van der Waals surface area contributed by atoms with Crippen molar-refractivity contribution >= 4 is 44.9 Å². The molecule has 0 radical (unpaired) electrons. The lowest BCUT2D eigenvalue weighted by molar-refractivity contribution is -0.111. The molecule has 1 aromatic heterocycles. The number of hydrogen-bond acceptors (Lipinski definition) is 6. The van der Waals surface area contributed by atoms with Crippen molar-refractivity contribution in [1.29, 1.82) is 0 Å². The number of amides is 1. The number of anilines is 1. The molecule has 5 nitrogen and oxygen atoms in total. The van der Waals surface area contributed by atoms with Gasteiger partial charge < -0.3 is 14.8 Å². The summed E-state index contributed by atoms with van der Waals surface area (Å²) in [5.74, 6) is 1.31. The Morgan fingerprint density at radius 2 is 2.19 bits per heavy atom. The summed E-state index contributed by atoms with van der Waals surface area (Å²) in [6, 6.07) is 11.4. The molecule has 0 aliphatic carbocycles. The molecule has 0 aliphatic rings. The second-order valence-corrected chi connectivity index (χ2v) is 7.52. The van der Waals surface area contributed by atoms with Gasteiger partial charge in [-0.2, -0.15) is 0 Å². The highest BCUT2D eigenvalue weighted by Crippen LogP contribution is 2.40. The van der Waals surface area contributed by atoms with Crippen LogP contribution in [0.15, 0.2) is 58.3 Å². The number of aromatic nitrogens is 1. The van der Waals surface area contributed by atoms with Gasteiger partial charge in [0, 0.05) is 5.69 Å². The van der Waals surface area contributed by atoms with Crippen LogP contribution in [0.3, 0.4) is 0 Å². The summed E-state index contributed by atoms with van der Waals surface area (Å²) in [6.07, 6.45) is 1.24. The molecule has 0 aliphatic heterocycles. The van der Waals surface area contributed by atoms with Crippen LogP contribution in [0, 0.1) is 0 Å². The zero-order chi connectivity index (χ0) is 18.5. The molecule has 0 bridgehead atoms. The smallest absolute Gasteiger partial charge is 0.247 e. The normalized spacial score (nSPS) is 10.5. The van der Waals surface area contributed by atoms with Crippen LogP contribution in [0.4, 0.5) is 5.69 Å². The molecule has 0 fully saturated rings. The first-order valence-electron chi connectivity index (χ1n) is 7.95. The molecule has 7 heteroatoms. The number of rotatable bonds is 7. The Morgan fingerprint density at radius 3 is 2.92 bits per heavy atom. The van der Waals surface area contributed by atoms with Crippen molar-refractivity contribution in [3.63, 3.8) is 0 Å². The molecule has 2 aromatic carbocycles. The molecule has 0 unspecified atom stereocenters. The van der Waals surface area contributed by atoms with Gasteiger partial charge in [-0.05, 0) is 49.4 Å². The van der Waals surface area contributed by atoms with E-state index in [0.717, 1.165) is 31.0 Å². The average molecular weight is 386 g/mol. The number of methoxy groups -OCH3 is 1. The SMILES string of the molecule is C=CC(=O)Nc1ccc(OC)c(Sc2nc3ccc(OCC)cc3s2)c1. The molecule has 3 rings (SSSR count). The average Bonchev–Trinajstić information content (AvgIpc) is 3.03. The highest BCUT2D eigenvalue weighted by Gasteiger charge is 2.12. The Hall–Kier alpha value is -2.51. The topological polar surface area (TPSA) is 60.5 Å². The van der Waals surface area contributed by atoms with Crippen molar-refractivity contribution in [3.8, 4) is 11.5 Å². The first-order valence-corrected chi connectivity index (χ1v) is 9.59. The molecule has 3 aromatic rings. The molecule has 0 spiro atoms. The summed E-state index contributed by atoms with van der Waals surface area (Å²) in [5, 5.41) is 2.76. The fourth-order valence-electron chi connectivity index (χ4n) is 2.31. The van der Waals surface area contributed by atoms with E-state index in [0.29, 0.717) is 12.3 Å². The summed E-state index contributed by atoms with van der Waals surface area (Å²) in [4.78, 5) is 17.1. The van der Waals surface area contributed by atoms with E-state index >= 15 is 0 Å². The third-order valence-corrected chi connectivity index (χ3v) is 5.58. The van der Waals surface area contributed by atoms with Crippen LogP contribution in [0.1, 0.15) is 6.92 Å². The number of carbonyl (C=O) groups is 1. The minimum Gasteiger partial charge on any atom is -0.496 e. The van der Waals surface area contributed by atoms with Gasteiger partial charge in [-0.1, -0.05) is 18.3 Å². The molecular formula is C19H18N2O3S2. The molecule has 134 valence electrons. The van der Waals surface area contributed by atoms with Crippen LogP contribution in [0.5, 0.6) is 11.5 Å². The van der Waals surface area contributed by atoms with Crippen molar-refractivity contribution in [2.45, 2.75) is 16.2 Å². The number of nitrogens with one attached hydrogen (secondary N) is 1. The Bertz CT molecular complexity index is 953. The molecular weight excluding hydrogens is 368 g/mol. The first kappa shape index (κ1) is 18.3. The number of ether oxygens (including phenoxy) is 2. The van der Waals surface area contributed by atoms with E-state index in [1.165, 1.54) is 17.8 Å². The Morgan fingerprint density at radius 1 is 1.35 bits per heavy atom. The van der Waals surface area contributed by atoms with Crippen LogP contribution in [0.25, 0.3) is 10.2 Å². The van der Waals surface area contributed by atoms with Crippen LogP contribution in [-0.4, -0.2) is 24.6 Å². The number of hydrogen-bond donors (Lipinski definition) is 1. The van der Waals surface area contributed by atoms with Gasteiger partial charge in [0.2, 0.25) is 5.91 Å². The minimum absolute atomic E-state index is 0.255. The zero-order valence-electron chi connectivity index (χ0n) is 14.4. The van der Waals surface area contributed by atoms with Gasteiger partial charge in [-0.3, -0.25) is 4.79 Å². The van der Waals surface area contributed by atoms with Crippen LogP contribution >= 0.6 is 23.1 Å². The summed E-state index contributed by atoms with van der Waals surface area (Å²) < 4.78 is 12.9. The van der Waals surface area contributed by atoms with Gasteiger partial charge in [-0.15, -0.1) is 11.3 Å². The molecule has 0 saturated heterocycles. The maximum Gasteiger partial charge on any atom is 0.247 e. The predicted octanol–water partition coefficient (Wildman–Crippen LogP) is 4.98. The standard InChI is InChI=1S/C19H18N2O3S2/c1-4-18(22)20-12-6-9-15(23-3)17(10-12)26-19-21-14-8-7-13(24-5-2)11-16(14)25-19/h4,6-11H,1,5H2,2-3H3,(H,20,22). The fourth-order valence-corrected chi connectivity index (χ4v) is 4.51. The highest BCUT2D eigenvalue weighted by atomic mass is 32.2. The van der Waals surface area contributed by atoms with Gasteiger partial charge in [0.15, 0.2) is 4.34 Å². The Balaban J connectivity index is 1.89. The van der Waals surface area contributed by atoms with Crippen LogP contribution in [-0.2, 0) is 4.79 Å². The quantitative estimate of drug-likeness (QED) is 0.580. The van der Waals surface area contributed by atoms with Gasteiger partial charge in [0.25, 0.3) is 0 Å². The summed E-state index contributed by atoms with van der Waals surface area (Å²) in [7, 11) is 1.62. The lowest BCUT2D eigenvalue weighted by Gasteiger charge is -2.09. The predicted molar refractivity (Wildman–Crippen MR) is 107 cm³/mol. The van der Waals surface area contributed by atoms with Crippen molar-refractivity contribution in [3.05, 3.63) is 49.1 Å². The van der Waals surface area contributed by atoms with Gasteiger partial charge in [-0.25, -0.2) is 4.98 Å². The third-order valence-electron chi connectivity index (χ3n) is 3.47. The molecule has 26 heavy (non-hydrogen) atoms. The van der Waals surface area contributed by atoms with Crippen molar-refractivity contribution < 1.29 is 14.3 Å². The zero-order valence-corrected chi connectivity index (χ0v) is 16.1. The maximum atomic E-state index is 11.5. The van der Waals surface area contributed by atoms with E-state index in [2.05, 4.69) is 16.9 Å². The van der Waals surface area contributed by atoms with Gasteiger partial charge in [0.05, 0.1) is 28.8 Å². The Labute approximate surface area is 160 Å². The molecule has 1 heterocycles. The van der Waals surface area contributed by atoms with Crippen molar-refractivity contribution in [1.82, 2.24) is 4.98 Å². The van der Waals surface area contributed by atoms with Gasteiger partial charge in [0.1, 0.15) is 11.5 Å². The third kappa shape index (κ3) is 4.17. The minimum atomic E-state index is -0.255. The van der Waals surface area contributed by atoms with Crippen molar-refractivity contribution in [2.75, 3.05) is 19.0 Å². The van der Waals surface area contributed by atoms with E-state index in [4.69, 9.17) is 9.47 Å². The number of carbonyl (C=O) groups excluding carboxylic acids is 1. The number of benzene rings is 2. The monoisotopic (exact) mass is 386 g/mol. The maximum absolute atomic E-state index is 11.5. The van der Waals surface area contributed by atoms with Crippen molar-refractivity contribution in [2.24, 2.45) is 0 Å². The molecule has 0 saturated carbocycles. The number of thiazole rings is 1. The lowest BCUT2D eigenvalue weighted by atomic mass is 10.3. The van der Waals surface area contributed by atoms with Crippen LogP contribution < -0.4 is 14.8 Å². The highest BCUT2D eigenvalue weighted by molar-refractivity contribution is 8.01. The van der Waals surface area contributed by atoms with E-state index in [9.17, 15) is 4.79 Å². The van der Waals surface area contributed by atoms with E-state index in [1.807, 2.05) is 37.3 Å². The Kier molecular flexibility index (Phi) is 5.80. The summed E-state index contributed by atoms with van der Waals surface area (Å²) >= 11 is 3.09. The van der Waals surface area contributed by atoms with E-state index in [-0.39, 0.29) is 5.91 Å². The fraction of sp³-hybridized carbons (Fsp3) is 0.158. The lowest BCUT2D eigenvalue weighted by Crippen LogP contribution is -2.07. The summed E-state index contributed by atoms with van der Waals surface area (Å²) in [5.41, 5.74) is 1.61. The largest absolute Gasteiger partial charge is 0.496 e. The summed E-state index contributed by atoms with van der Waals surface area (Å²) in [6.45, 7) is 6.06. The number of fused-ring (bicyclic) bond motifs is 1. The van der Waals surface area contributed by atoms with Gasteiger partial charge >= 0.3 is 0 Å². The van der Waals surface area contributed by atoms with E-state index < -0.39 is 0 Å². The molecule has 0 atom stereocenters. The number of nitrogens with zero attached hydrogens (tertiary/aromatic N) is 1. The first-order chi connectivity index (χ1) is 12.6. The van der Waals surface area contributed by atoms with E-state index in [1.54, 1.807) is 24.5 Å². The molecule has 1 N–H and O–H groups in total. The molecule has 1 amide bonds. The van der Waals surface area contributed by atoms with Crippen LogP contribution in [0.2, 0.25) is 0 Å².